The van der Waals surface area contributed by atoms with Gasteiger partial charge in [-0.1, -0.05) is 0 Å². The van der Waals surface area contributed by atoms with E-state index in [4.69, 9.17) is 0 Å². The van der Waals surface area contributed by atoms with Gasteiger partial charge < -0.3 is 0 Å². The van der Waals surface area contributed by atoms with E-state index in [1.54, 1.807) is 0 Å². The molecule has 0 aliphatic heterocycles. The molecule has 0 N–H and O–H groups in total. The molecule has 0 rings (SSSR count). The molecule has 0 saturated heterocycles. The first-order chi connectivity index (χ1) is 3.27. The molecule has 0 saturated carbocycles. The average Bonchev–Trinajstić information content (AvgIpc) is 1.61. The molecule has 0 radical (unpaired) electrons. The summed E-state index contributed by atoms with van der Waals surface area (Å²) in [5, 5.41) is 0. The van der Waals surface area contributed by atoms with E-state index in [-0.39, 0.29) is 0 Å². The number of nitrogens with zero attached hydrogens (tertiary/aromatic N) is 1. The van der Waals surface area contributed by atoms with Gasteiger partial charge in [-0.05, 0) is 0 Å². The third-order valence-electron chi connectivity index (χ3n) is 0.572. The van der Waals surface area contributed by atoms with Crippen LogP contribution >= 0.6 is 0 Å². The zero-order valence-corrected chi connectivity index (χ0v) is 5.15. The van der Waals surface area contributed by atoms with Gasteiger partial charge in [0.1, 0.15) is 0 Å². The summed E-state index contributed by atoms with van der Waals surface area (Å²) in [6.45, 7) is 0.872. The van der Waals surface area contributed by atoms with Crippen LogP contribution in [0.5, 0.6) is 0 Å². The van der Waals surface area contributed by atoms with Crippen molar-refractivity contribution in [2.75, 3.05) is 20.6 Å². The predicted octanol–water partition coefficient (Wildman–Crippen LogP) is -0.323. The van der Waals surface area contributed by atoms with Crippen LogP contribution in [-0.2, 0) is 0 Å². The molecule has 0 aliphatic carbocycles. The first kappa shape index (κ1) is 7.12. The van der Waals surface area contributed by atoms with Crippen LogP contribution in [-0.4, -0.2) is 43.3 Å². The molecule has 0 amide bonds. The molecule has 34 valence electrons. The summed E-state index contributed by atoms with van der Waals surface area (Å²) in [4.78, 5) is 2.04. The van der Waals surface area contributed by atoms with Crippen molar-refractivity contribution in [1.82, 2.24) is 4.90 Å². The van der Waals surface area contributed by atoms with Crippen molar-refractivity contribution in [2.24, 2.45) is 0 Å². The second kappa shape index (κ2) is 4.28. The van der Waals surface area contributed by atoms with Gasteiger partial charge in [0.05, 0.1) is 0 Å². The molecule has 0 aromatic rings. The van der Waals surface area contributed by atoms with Gasteiger partial charge in [-0.15, -0.1) is 0 Å². The Kier molecular flexibility index (Phi) is 4.35. The van der Waals surface area contributed by atoms with Gasteiger partial charge in [0.15, 0.2) is 0 Å². The SMILES string of the molecule is [Li][C]#CCN(C)C. The number of rotatable bonds is 1. The molecule has 0 heterocycles. The van der Waals surface area contributed by atoms with Gasteiger partial charge >= 0.3 is 53.8 Å². The van der Waals surface area contributed by atoms with E-state index in [0.717, 1.165) is 6.54 Å². The summed E-state index contributed by atoms with van der Waals surface area (Å²) in [5.74, 6) is 2.92. The summed E-state index contributed by atoms with van der Waals surface area (Å²) in [5.41, 5.74) is 0. The third-order valence-corrected chi connectivity index (χ3v) is 0.572. The molecule has 0 spiro atoms. The van der Waals surface area contributed by atoms with Gasteiger partial charge in [-0.2, -0.15) is 0 Å². The molecule has 7 heavy (non-hydrogen) atoms. The van der Waals surface area contributed by atoms with Gasteiger partial charge in [0.2, 0.25) is 0 Å². The van der Waals surface area contributed by atoms with Crippen molar-refractivity contribution in [3.63, 3.8) is 0 Å². The summed E-state index contributed by atoms with van der Waals surface area (Å²) in [6, 6.07) is 0. The Morgan fingerprint density at radius 1 is 1.57 bits per heavy atom. The Morgan fingerprint density at radius 3 is 2.29 bits per heavy atom. The monoisotopic (exact) mass is 89.1 g/mol. The van der Waals surface area contributed by atoms with Crippen molar-refractivity contribution in [3.8, 4) is 10.5 Å². The molecule has 0 atom stereocenters. The van der Waals surface area contributed by atoms with E-state index in [0.29, 0.717) is 0 Å². The second-order valence-electron chi connectivity index (χ2n) is 1.66. The van der Waals surface area contributed by atoms with Crippen LogP contribution in [0.3, 0.4) is 0 Å². The Bertz CT molecular complexity index is 88.0. The van der Waals surface area contributed by atoms with Crippen LogP contribution in [0.1, 0.15) is 0 Å². The molecule has 2 heteroatoms. The summed E-state index contributed by atoms with van der Waals surface area (Å²) in [6.07, 6.45) is 0. The Labute approximate surface area is 54.3 Å². The van der Waals surface area contributed by atoms with Gasteiger partial charge in [0, 0.05) is 0 Å². The average molecular weight is 89.1 g/mol. The number of hydrogen-bond acceptors (Lipinski definition) is 1. The summed E-state index contributed by atoms with van der Waals surface area (Å²) >= 11 is 1.85. The first-order valence-corrected chi connectivity index (χ1v) is 2.31. The molecule has 0 unspecified atom stereocenters. The van der Waals surface area contributed by atoms with E-state index in [9.17, 15) is 0 Å². The van der Waals surface area contributed by atoms with E-state index >= 15 is 0 Å². The predicted molar refractivity (Wildman–Crippen MR) is 32.1 cm³/mol. The summed E-state index contributed by atoms with van der Waals surface area (Å²) in [7, 11) is 4.01. The van der Waals surface area contributed by atoms with E-state index in [2.05, 4.69) is 10.5 Å². The van der Waals surface area contributed by atoms with Gasteiger partial charge in [-0.25, -0.2) is 0 Å². The molecule has 0 aromatic carbocycles. The summed E-state index contributed by atoms with van der Waals surface area (Å²) < 4.78 is 2.81. The molecule has 0 fully saturated rings. The Balaban J connectivity index is 3.08. The van der Waals surface area contributed by atoms with E-state index in [1.165, 1.54) is 0 Å². The standard InChI is InChI=1S/C5H8N.Li/c1-4-5-6(2)3;/h5H2,2-3H3;. The minimum absolute atomic E-state index is 0.872. The maximum atomic E-state index is 2.92. The molecular formula is C5H8LiN. The molecule has 0 bridgehead atoms. The van der Waals surface area contributed by atoms with Crippen LogP contribution in [0.2, 0.25) is 0 Å². The first-order valence-electron chi connectivity index (χ1n) is 2.31. The Hall–Kier alpha value is 0.117. The van der Waals surface area contributed by atoms with Crippen molar-refractivity contribution < 1.29 is 0 Å². The number of hydrogen-bond donors (Lipinski definition) is 0. The van der Waals surface area contributed by atoms with Crippen LogP contribution in [0.25, 0.3) is 0 Å². The molecular weight excluding hydrogens is 81.0 g/mol. The quantitative estimate of drug-likeness (QED) is 0.314. The van der Waals surface area contributed by atoms with Crippen molar-refractivity contribution in [2.45, 2.75) is 0 Å². The van der Waals surface area contributed by atoms with Crippen LogP contribution in [0.4, 0.5) is 0 Å². The van der Waals surface area contributed by atoms with E-state index in [1.807, 2.05) is 36.7 Å². The van der Waals surface area contributed by atoms with Crippen molar-refractivity contribution >= 4 is 17.7 Å². The van der Waals surface area contributed by atoms with E-state index < -0.39 is 0 Å². The fraction of sp³-hybridized carbons (Fsp3) is 0.600. The third kappa shape index (κ3) is 6.12. The Morgan fingerprint density at radius 2 is 2.14 bits per heavy atom. The zero-order valence-electron chi connectivity index (χ0n) is 5.15. The minimum atomic E-state index is 0.872. The molecule has 1 nitrogen and oxygen atoms in total. The van der Waals surface area contributed by atoms with Crippen LogP contribution in [0.15, 0.2) is 0 Å². The van der Waals surface area contributed by atoms with Crippen molar-refractivity contribution in [3.05, 3.63) is 0 Å². The van der Waals surface area contributed by atoms with Crippen molar-refractivity contribution in [1.29, 1.82) is 0 Å². The fourth-order valence-electron chi connectivity index (χ4n) is 0.237. The van der Waals surface area contributed by atoms with Gasteiger partial charge in [0.25, 0.3) is 0 Å². The van der Waals surface area contributed by atoms with Gasteiger partial charge in [-0.3, -0.25) is 0 Å². The normalized spacial score (nSPS) is 8.14. The van der Waals surface area contributed by atoms with Crippen LogP contribution in [0, 0.1) is 10.5 Å². The topological polar surface area (TPSA) is 3.24 Å². The molecule has 0 aliphatic rings. The molecule has 0 aromatic heterocycles. The maximum absolute atomic E-state index is 2.92. The van der Waals surface area contributed by atoms with Crippen LogP contribution < -0.4 is 0 Å². The second-order valence-corrected chi connectivity index (χ2v) is 1.66. The zero-order chi connectivity index (χ0) is 5.70. The fourth-order valence-corrected chi connectivity index (χ4v) is 0.237.